The van der Waals surface area contributed by atoms with Gasteiger partial charge in [0.05, 0.1) is 11.2 Å². The van der Waals surface area contributed by atoms with Crippen molar-refractivity contribution in [1.82, 2.24) is 4.57 Å². The highest BCUT2D eigenvalue weighted by atomic mass is 16.2. The molecule has 0 bridgehead atoms. The molecule has 0 spiro atoms. The predicted molar refractivity (Wildman–Crippen MR) is 92.4 cm³/mol. The minimum atomic E-state index is -0.352. The molecule has 1 aromatic heterocycles. The van der Waals surface area contributed by atoms with Gasteiger partial charge in [0.1, 0.15) is 0 Å². The number of aliphatic hydroxyl groups excluding tert-OH is 1. The summed E-state index contributed by atoms with van der Waals surface area (Å²) < 4.78 is 2.29. The Morgan fingerprint density at radius 2 is 1.91 bits per heavy atom. The molecule has 2 aromatic rings. The molecule has 0 atom stereocenters. The minimum absolute atomic E-state index is 0.352. The number of aliphatic hydroxyl groups is 1. The van der Waals surface area contributed by atoms with Crippen LogP contribution >= 0.6 is 0 Å². The number of carbonyl (C=O) groups excluding carboxylic acids is 1. The molecule has 22 heavy (non-hydrogen) atoms. The third-order valence-corrected chi connectivity index (χ3v) is 3.70. The van der Waals surface area contributed by atoms with E-state index in [0.717, 1.165) is 44.1 Å². The van der Waals surface area contributed by atoms with E-state index in [-0.39, 0.29) is 6.03 Å². The Morgan fingerprint density at radius 3 is 2.50 bits per heavy atom. The van der Waals surface area contributed by atoms with Crippen molar-refractivity contribution in [2.24, 2.45) is 5.73 Å². The average molecular weight is 305 g/mol. The Hall–Kier alpha value is -2.01. The molecule has 3 N–H and O–H groups in total. The van der Waals surface area contributed by atoms with E-state index in [0.29, 0.717) is 0 Å². The van der Waals surface area contributed by atoms with Gasteiger partial charge in [0, 0.05) is 31.3 Å². The molecule has 0 radical (unpaired) electrons. The van der Waals surface area contributed by atoms with E-state index in [1.54, 1.807) is 4.90 Å². The summed E-state index contributed by atoms with van der Waals surface area (Å²) in [6.45, 7) is 7.78. The van der Waals surface area contributed by atoms with Crippen LogP contribution in [0, 0.1) is 0 Å². The molecule has 5 heteroatoms. The van der Waals surface area contributed by atoms with Crippen LogP contribution in [0.3, 0.4) is 0 Å². The molecule has 0 aliphatic carbocycles. The maximum absolute atomic E-state index is 11.6. The first-order chi connectivity index (χ1) is 10.7. The summed E-state index contributed by atoms with van der Waals surface area (Å²) >= 11 is 0. The first-order valence-electron chi connectivity index (χ1n) is 7.85. The Morgan fingerprint density at radius 1 is 1.27 bits per heavy atom. The number of carbonyl (C=O) groups is 1. The molecule has 1 aromatic carbocycles. The van der Waals surface area contributed by atoms with Crippen LogP contribution in [-0.2, 0) is 13.0 Å². The van der Waals surface area contributed by atoms with Gasteiger partial charge in [-0.05, 0) is 25.8 Å². The highest BCUT2D eigenvalue weighted by molar-refractivity contribution is 6.04. The number of anilines is 1. The van der Waals surface area contributed by atoms with Crippen molar-refractivity contribution < 1.29 is 9.90 Å². The molecule has 3 rings (SSSR count). The van der Waals surface area contributed by atoms with E-state index in [4.69, 9.17) is 10.8 Å². The van der Waals surface area contributed by atoms with Crippen LogP contribution in [0.15, 0.2) is 24.3 Å². The lowest BCUT2D eigenvalue weighted by atomic mass is 10.1. The summed E-state index contributed by atoms with van der Waals surface area (Å²) in [6, 6.07) is 7.87. The molecule has 0 unspecified atom stereocenters. The van der Waals surface area contributed by atoms with Crippen LogP contribution in [0.4, 0.5) is 10.5 Å². The molecular formula is C17H27N3O2. The van der Waals surface area contributed by atoms with E-state index in [9.17, 15) is 4.79 Å². The van der Waals surface area contributed by atoms with Gasteiger partial charge in [0.25, 0.3) is 0 Å². The lowest BCUT2D eigenvalue weighted by Crippen LogP contribution is -2.39. The number of benzene rings is 1. The number of fused-ring (bicyclic) bond motifs is 3. The summed E-state index contributed by atoms with van der Waals surface area (Å²) in [4.78, 5) is 13.3. The Bertz CT molecular complexity index is 620. The standard InChI is InChI=1S/C14H17N3O.C2H6.CH4O/c1-2-16-11-7-4-3-6-10(11)13-12(16)8-5-9-17(13)14(15)18;2*1-2/h3-4,6-7H,2,5,8-9H2,1H3,(H2,15,18);1-2H3;2H,1H3. The fourth-order valence-electron chi connectivity index (χ4n) is 2.99. The Labute approximate surface area is 132 Å². The number of primary amides is 1. The number of nitrogens with zero attached hydrogens (tertiary/aromatic N) is 2. The van der Waals surface area contributed by atoms with E-state index in [2.05, 4.69) is 23.6 Å². The first-order valence-corrected chi connectivity index (χ1v) is 7.85. The highest BCUT2D eigenvalue weighted by Crippen LogP contribution is 2.37. The third-order valence-electron chi connectivity index (χ3n) is 3.70. The van der Waals surface area contributed by atoms with Gasteiger partial charge < -0.3 is 15.4 Å². The normalized spacial score (nSPS) is 12.7. The number of urea groups is 1. The van der Waals surface area contributed by atoms with E-state index >= 15 is 0 Å². The summed E-state index contributed by atoms with van der Waals surface area (Å²) in [6.07, 6.45) is 1.99. The van der Waals surface area contributed by atoms with Crippen molar-refractivity contribution in [1.29, 1.82) is 0 Å². The minimum Gasteiger partial charge on any atom is -0.400 e. The van der Waals surface area contributed by atoms with Crippen molar-refractivity contribution >= 4 is 22.6 Å². The van der Waals surface area contributed by atoms with Crippen LogP contribution < -0.4 is 10.6 Å². The number of hydrogen-bond acceptors (Lipinski definition) is 2. The van der Waals surface area contributed by atoms with Gasteiger partial charge in [-0.1, -0.05) is 32.0 Å². The van der Waals surface area contributed by atoms with Gasteiger partial charge in [-0.15, -0.1) is 0 Å². The van der Waals surface area contributed by atoms with Gasteiger partial charge in [-0.3, -0.25) is 4.90 Å². The predicted octanol–water partition coefficient (Wildman–Crippen LogP) is 3.13. The van der Waals surface area contributed by atoms with E-state index in [1.807, 2.05) is 26.0 Å². The smallest absolute Gasteiger partial charge is 0.319 e. The lowest BCUT2D eigenvalue weighted by molar-refractivity contribution is 0.253. The lowest BCUT2D eigenvalue weighted by Gasteiger charge is -2.26. The number of para-hydroxylation sites is 1. The molecule has 1 aliphatic heterocycles. The molecule has 0 saturated carbocycles. The summed E-state index contributed by atoms with van der Waals surface area (Å²) in [5, 5.41) is 8.13. The van der Waals surface area contributed by atoms with Crippen LogP contribution in [0.2, 0.25) is 0 Å². The number of hydrogen-bond donors (Lipinski definition) is 2. The number of nitrogens with two attached hydrogens (primary N) is 1. The number of aromatic nitrogens is 1. The van der Waals surface area contributed by atoms with Gasteiger partial charge >= 0.3 is 6.03 Å². The molecular weight excluding hydrogens is 278 g/mol. The summed E-state index contributed by atoms with van der Waals surface area (Å²) in [5.74, 6) is 0. The molecule has 2 amide bonds. The Kier molecular flexibility index (Phi) is 6.92. The number of amides is 2. The maximum Gasteiger partial charge on any atom is 0.319 e. The van der Waals surface area contributed by atoms with E-state index in [1.165, 1.54) is 11.2 Å². The van der Waals surface area contributed by atoms with Gasteiger partial charge in [0.2, 0.25) is 0 Å². The van der Waals surface area contributed by atoms with E-state index < -0.39 is 0 Å². The highest BCUT2D eigenvalue weighted by Gasteiger charge is 2.27. The van der Waals surface area contributed by atoms with Crippen LogP contribution in [0.1, 0.15) is 32.9 Å². The van der Waals surface area contributed by atoms with Crippen LogP contribution in [-0.4, -0.2) is 29.4 Å². The summed E-state index contributed by atoms with van der Waals surface area (Å²) in [7, 11) is 1.00. The van der Waals surface area contributed by atoms with Crippen LogP contribution in [0.25, 0.3) is 10.9 Å². The van der Waals surface area contributed by atoms with Gasteiger partial charge in [-0.2, -0.15) is 0 Å². The van der Waals surface area contributed by atoms with Crippen molar-refractivity contribution in [3.8, 4) is 0 Å². The SMILES string of the molecule is CC.CCn1c2c(c3ccccc31)N(C(N)=O)CCC2.CO. The van der Waals surface area contributed by atoms with Gasteiger partial charge in [-0.25, -0.2) is 4.79 Å². The van der Waals surface area contributed by atoms with Gasteiger partial charge in [0.15, 0.2) is 0 Å². The second kappa shape index (κ2) is 8.44. The fourth-order valence-corrected chi connectivity index (χ4v) is 2.99. The van der Waals surface area contributed by atoms with Crippen molar-refractivity contribution in [3.63, 3.8) is 0 Å². The molecule has 0 saturated heterocycles. The molecule has 2 heterocycles. The van der Waals surface area contributed by atoms with Crippen LogP contribution in [0.5, 0.6) is 0 Å². The number of rotatable bonds is 1. The second-order valence-corrected chi connectivity index (χ2v) is 4.65. The summed E-state index contributed by atoms with van der Waals surface area (Å²) in [5.41, 5.74) is 8.95. The van der Waals surface area contributed by atoms with Crippen molar-refractivity contribution in [2.45, 2.75) is 40.2 Å². The zero-order chi connectivity index (χ0) is 16.7. The molecule has 1 aliphatic rings. The van der Waals surface area contributed by atoms with Crippen molar-refractivity contribution in [2.75, 3.05) is 18.6 Å². The molecule has 0 fully saturated rings. The quantitative estimate of drug-likeness (QED) is 0.849. The zero-order valence-electron chi connectivity index (χ0n) is 14.0. The largest absolute Gasteiger partial charge is 0.400 e. The number of aryl methyl sites for hydroxylation is 1. The third kappa shape index (κ3) is 3.09. The monoisotopic (exact) mass is 305 g/mol. The second-order valence-electron chi connectivity index (χ2n) is 4.65. The average Bonchev–Trinajstić information content (AvgIpc) is 2.92. The fraction of sp³-hybridized carbons (Fsp3) is 0.471. The Balaban J connectivity index is 0.000000561. The zero-order valence-corrected chi connectivity index (χ0v) is 14.0. The van der Waals surface area contributed by atoms with Crippen molar-refractivity contribution in [3.05, 3.63) is 30.0 Å². The molecule has 5 nitrogen and oxygen atoms in total. The molecule has 122 valence electrons. The topological polar surface area (TPSA) is 71.5 Å². The first kappa shape index (κ1) is 18.0. The maximum atomic E-state index is 11.6.